The van der Waals surface area contributed by atoms with Gasteiger partial charge in [-0.25, -0.2) is 9.79 Å². The molecule has 0 aromatic heterocycles. The van der Waals surface area contributed by atoms with Gasteiger partial charge in [0, 0.05) is 5.02 Å². The summed E-state index contributed by atoms with van der Waals surface area (Å²) in [4.78, 5) is 30.7. The maximum Gasteiger partial charge on any atom is 0.338 e. The Morgan fingerprint density at radius 2 is 2.30 bits per heavy atom. The van der Waals surface area contributed by atoms with Gasteiger partial charge in [-0.15, -0.1) is 0 Å². The van der Waals surface area contributed by atoms with Crippen LogP contribution in [0.4, 0.5) is 0 Å². The molecule has 0 saturated carbocycles. The molecule has 0 aliphatic carbocycles. The number of halogens is 1. The van der Waals surface area contributed by atoms with Gasteiger partial charge in [0.2, 0.25) is 5.91 Å². The number of rotatable bonds is 3. The minimum atomic E-state index is -0.553. The first kappa shape index (κ1) is 16.1. The van der Waals surface area contributed by atoms with E-state index in [2.05, 4.69) is 4.99 Å². The first-order valence-corrected chi connectivity index (χ1v) is 8.56. The van der Waals surface area contributed by atoms with Crippen molar-refractivity contribution in [1.29, 1.82) is 0 Å². The highest BCUT2D eigenvalue weighted by molar-refractivity contribution is 8.15. The summed E-state index contributed by atoms with van der Waals surface area (Å²) >= 11 is 7.47. The molecule has 0 radical (unpaired) electrons. The molecule has 5 nitrogen and oxygen atoms in total. The van der Waals surface area contributed by atoms with Crippen molar-refractivity contribution in [3.63, 3.8) is 0 Å². The summed E-state index contributed by atoms with van der Waals surface area (Å²) < 4.78 is 5.17. The summed E-state index contributed by atoms with van der Waals surface area (Å²) in [5, 5.41) is 1.16. The molecular formula is C16H15ClN2O3S. The van der Waals surface area contributed by atoms with Gasteiger partial charge < -0.3 is 4.74 Å². The molecule has 0 N–H and O–H groups in total. The maximum atomic E-state index is 12.4. The summed E-state index contributed by atoms with van der Waals surface area (Å²) in [6.07, 6.45) is 0. The van der Waals surface area contributed by atoms with Gasteiger partial charge in [0.25, 0.3) is 0 Å². The smallest absolute Gasteiger partial charge is 0.338 e. The summed E-state index contributed by atoms with van der Waals surface area (Å²) in [5.74, 6) is -0.213. The van der Waals surface area contributed by atoms with Gasteiger partial charge in [-0.3, -0.25) is 9.69 Å². The number of hydrogen-bond donors (Lipinski definition) is 0. The highest BCUT2D eigenvalue weighted by atomic mass is 35.5. The van der Waals surface area contributed by atoms with E-state index in [1.54, 1.807) is 36.9 Å². The number of thioether (sulfide) groups is 1. The van der Waals surface area contributed by atoms with Crippen LogP contribution in [0.25, 0.3) is 0 Å². The third-order valence-electron chi connectivity index (χ3n) is 3.64. The fourth-order valence-corrected chi connectivity index (χ4v) is 3.84. The zero-order valence-corrected chi connectivity index (χ0v) is 14.3. The molecule has 2 heterocycles. The number of amidine groups is 1. The van der Waals surface area contributed by atoms with E-state index in [-0.39, 0.29) is 12.5 Å². The number of ether oxygens (including phenoxy) is 1. The van der Waals surface area contributed by atoms with E-state index in [4.69, 9.17) is 16.3 Å². The number of nitrogens with zero attached hydrogens (tertiary/aromatic N) is 2. The number of fused-ring (bicyclic) bond motifs is 1. The van der Waals surface area contributed by atoms with Crippen molar-refractivity contribution in [3.05, 3.63) is 46.1 Å². The fraction of sp³-hybridized carbons (Fsp3) is 0.312. The Bertz CT molecular complexity index is 745. The highest BCUT2D eigenvalue weighted by Gasteiger charge is 2.43. The van der Waals surface area contributed by atoms with E-state index in [9.17, 15) is 9.59 Å². The summed E-state index contributed by atoms with van der Waals surface area (Å²) in [6.45, 7) is 3.77. The van der Waals surface area contributed by atoms with Crippen LogP contribution in [0, 0.1) is 0 Å². The normalized spacial score (nSPS) is 20.5. The van der Waals surface area contributed by atoms with Gasteiger partial charge in [0.05, 0.1) is 29.7 Å². The van der Waals surface area contributed by atoms with E-state index < -0.39 is 12.0 Å². The van der Waals surface area contributed by atoms with Crippen molar-refractivity contribution in [3.8, 4) is 0 Å². The van der Waals surface area contributed by atoms with Crippen molar-refractivity contribution in [2.24, 2.45) is 4.99 Å². The third kappa shape index (κ3) is 2.88. The Morgan fingerprint density at radius 3 is 3.00 bits per heavy atom. The standard InChI is InChI=1S/C16H15ClN2O3S/c1-3-22-15(21)13-9(2)18-16-19(12(20)8-23-16)14(13)10-5-4-6-11(17)7-10/h4-7,14H,3,8H2,1-2H3. The van der Waals surface area contributed by atoms with Crippen LogP contribution in [0.15, 0.2) is 40.5 Å². The van der Waals surface area contributed by atoms with Crippen LogP contribution < -0.4 is 0 Å². The minimum absolute atomic E-state index is 0.0759. The van der Waals surface area contributed by atoms with Crippen molar-refractivity contribution in [2.75, 3.05) is 12.4 Å². The van der Waals surface area contributed by atoms with Gasteiger partial charge in [-0.1, -0.05) is 35.5 Å². The highest BCUT2D eigenvalue weighted by Crippen LogP contribution is 2.41. The predicted molar refractivity (Wildman–Crippen MR) is 90.3 cm³/mol. The van der Waals surface area contributed by atoms with Gasteiger partial charge in [-0.2, -0.15) is 0 Å². The molecule has 2 aliphatic heterocycles. The lowest BCUT2D eigenvalue weighted by Gasteiger charge is -2.32. The Morgan fingerprint density at radius 1 is 1.52 bits per heavy atom. The first-order chi connectivity index (χ1) is 11.0. The molecule has 7 heteroatoms. The van der Waals surface area contributed by atoms with E-state index in [1.165, 1.54) is 11.8 Å². The zero-order chi connectivity index (χ0) is 16.6. The first-order valence-electron chi connectivity index (χ1n) is 7.19. The molecule has 1 saturated heterocycles. The molecule has 120 valence electrons. The number of esters is 1. The SMILES string of the molecule is CCOC(=O)C1=C(C)N=C2SCC(=O)N2C1c1cccc(Cl)c1. The van der Waals surface area contributed by atoms with Crippen LogP contribution in [0.2, 0.25) is 5.02 Å². The lowest BCUT2D eigenvalue weighted by molar-refractivity contribution is -0.139. The van der Waals surface area contributed by atoms with Gasteiger partial charge >= 0.3 is 5.97 Å². The molecule has 1 aromatic carbocycles. The third-order valence-corrected chi connectivity index (χ3v) is 4.82. The quantitative estimate of drug-likeness (QED) is 0.786. The minimum Gasteiger partial charge on any atom is -0.463 e. The second kappa shape index (κ2) is 6.37. The molecule has 0 spiro atoms. The predicted octanol–water partition coefficient (Wildman–Crippen LogP) is 3.16. The number of benzene rings is 1. The summed E-state index contributed by atoms with van der Waals surface area (Å²) in [6, 6.07) is 6.61. The molecule has 1 fully saturated rings. The molecule has 0 bridgehead atoms. The Hall–Kier alpha value is -1.79. The average Bonchev–Trinajstić information content (AvgIpc) is 2.87. The van der Waals surface area contributed by atoms with E-state index in [0.29, 0.717) is 27.2 Å². The van der Waals surface area contributed by atoms with Crippen LogP contribution in [0.3, 0.4) is 0 Å². The van der Waals surface area contributed by atoms with E-state index in [1.807, 2.05) is 6.07 Å². The molecule has 2 aliphatic rings. The molecule has 23 heavy (non-hydrogen) atoms. The Kier molecular flexibility index (Phi) is 4.46. The Balaban J connectivity index is 2.15. The monoisotopic (exact) mass is 350 g/mol. The summed E-state index contributed by atoms with van der Waals surface area (Å²) in [5.41, 5.74) is 1.72. The van der Waals surface area contributed by atoms with Crippen LogP contribution in [0.1, 0.15) is 25.5 Å². The van der Waals surface area contributed by atoms with E-state index >= 15 is 0 Å². The lowest BCUT2D eigenvalue weighted by Crippen LogP contribution is -2.39. The Labute approximate surface area is 143 Å². The number of hydrogen-bond acceptors (Lipinski definition) is 5. The van der Waals surface area contributed by atoms with Crippen molar-refractivity contribution in [2.45, 2.75) is 19.9 Å². The van der Waals surface area contributed by atoms with Crippen molar-refractivity contribution < 1.29 is 14.3 Å². The van der Waals surface area contributed by atoms with Crippen LogP contribution in [-0.4, -0.2) is 34.3 Å². The van der Waals surface area contributed by atoms with Crippen LogP contribution in [0.5, 0.6) is 0 Å². The second-order valence-corrected chi connectivity index (χ2v) is 6.50. The average molecular weight is 351 g/mol. The topological polar surface area (TPSA) is 59.0 Å². The number of carbonyl (C=O) groups excluding carboxylic acids is 2. The molecule has 3 rings (SSSR count). The largest absolute Gasteiger partial charge is 0.463 e. The molecule has 1 unspecified atom stereocenters. The van der Waals surface area contributed by atoms with Crippen molar-refractivity contribution in [1.82, 2.24) is 4.90 Å². The van der Waals surface area contributed by atoms with Crippen LogP contribution in [-0.2, 0) is 14.3 Å². The zero-order valence-electron chi connectivity index (χ0n) is 12.7. The van der Waals surface area contributed by atoms with Crippen molar-refractivity contribution >= 4 is 40.4 Å². The number of amides is 1. The number of allylic oxidation sites excluding steroid dienone is 1. The number of carbonyl (C=O) groups is 2. The molecule has 1 aromatic rings. The second-order valence-electron chi connectivity index (χ2n) is 5.12. The van der Waals surface area contributed by atoms with Gasteiger partial charge in [0.15, 0.2) is 5.17 Å². The molecular weight excluding hydrogens is 336 g/mol. The maximum absolute atomic E-state index is 12.4. The molecule has 1 amide bonds. The lowest BCUT2D eigenvalue weighted by atomic mass is 9.94. The molecule has 1 atom stereocenters. The number of aliphatic imine (C=N–C) groups is 1. The summed E-state index contributed by atoms with van der Waals surface area (Å²) in [7, 11) is 0. The fourth-order valence-electron chi connectivity index (χ4n) is 2.70. The van der Waals surface area contributed by atoms with Gasteiger partial charge in [-0.05, 0) is 31.5 Å². The van der Waals surface area contributed by atoms with Gasteiger partial charge in [0.1, 0.15) is 0 Å². The van der Waals surface area contributed by atoms with Crippen LogP contribution >= 0.6 is 23.4 Å². The van der Waals surface area contributed by atoms with E-state index in [0.717, 1.165) is 5.56 Å².